The predicted molar refractivity (Wildman–Crippen MR) is 130 cm³/mol. The third kappa shape index (κ3) is 4.61. The second-order valence-electron chi connectivity index (χ2n) is 7.40. The minimum absolute atomic E-state index is 0.0775. The molecule has 4 nitrogen and oxygen atoms in total. The molecule has 4 aromatic rings. The maximum atomic E-state index is 12.8. The van der Waals surface area contributed by atoms with Crippen LogP contribution in [0.3, 0.4) is 0 Å². The van der Waals surface area contributed by atoms with Gasteiger partial charge in [-0.2, -0.15) is 0 Å². The summed E-state index contributed by atoms with van der Waals surface area (Å²) in [6.45, 7) is 5.12. The summed E-state index contributed by atoms with van der Waals surface area (Å²) in [7, 11) is 0. The van der Waals surface area contributed by atoms with Gasteiger partial charge in [-0.15, -0.1) is 11.3 Å². The molecule has 0 aliphatic heterocycles. The summed E-state index contributed by atoms with van der Waals surface area (Å²) >= 11 is 7.42. The average molecular weight is 434 g/mol. The minimum atomic E-state index is -0.0775. The van der Waals surface area contributed by atoms with Crippen molar-refractivity contribution in [2.75, 3.05) is 5.32 Å². The van der Waals surface area contributed by atoms with Crippen LogP contribution in [-0.2, 0) is 13.1 Å². The van der Waals surface area contributed by atoms with Crippen LogP contribution in [0.15, 0.2) is 70.8 Å². The Bertz CT molecular complexity index is 1250. The highest BCUT2D eigenvalue weighted by molar-refractivity contribution is 7.80. The summed E-state index contributed by atoms with van der Waals surface area (Å²) < 4.78 is 0. The molecule has 152 valence electrons. The largest absolute Gasteiger partial charge is 0.339 e. The Balaban J connectivity index is 1.64. The molecule has 0 amide bonds. The highest BCUT2D eigenvalue weighted by atomic mass is 32.1. The first-order chi connectivity index (χ1) is 14.5. The number of aromatic amines is 1. The number of nitrogens with one attached hydrogen (secondary N) is 2. The molecule has 6 heteroatoms. The van der Waals surface area contributed by atoms with Gasteiger partial charge in [-0.3, -0.25) is 4.79 Å². The molecule has 4 rings (SSSR count). The van der Waals surface area contributed by atoms with Gasteiger partial charge < -0.3 is 15.2 Å². The number of thiophene rings is 1. The summed E-state index contributed by atoms with van der Waals surface area (Å²) in [5.74, 6) is 0. The van der Waals surface area contributed by atoms with E-state index in [1.807, 2.05) is 67.3 Å². The number of fused-ring (bicyclic) bond motifs is 1. The molecule has 30 heavy (non-hydrogen) atoms. The average Bonchev–Trinajstić information content (AvgIpc) is 3.22. The van der Waals surface area contributed by atoms with Gasteiger partial charge in [0.05, 0.1) is 18.6 Å². The summed E-state index contributed by atoms with van der Waals surface area (Å²) in [4.78, 5) is 19.1. The molecule has 0 atom stereocenters. The zero-order chi connectivity index (χ0) is 21.1. The molecule has 0 fully saturated rings. The van der Waals surface area contributed by atoms with Crippen molar-refractivity contribution in [1.82, 2.24) is 9.88 Å². The summed E-state index contributed by atoms with van der Waals surface area (Å²) in [5.41, 5.74) is 4.66. The fourth-order valence-electron chi connectivity index (χ4n) is 3.47. The van der Waals surface area contributed by atoms with Crippen molar-refractivity contribution >= 4 is 45.3 Å². The van der Waals surface area contributed by atoms with Crippen LogP contribution in [0.1, 0.15) is 21.6 Å². The lowest BCUT2D eigenvalue weighted by Crippen LogP contribution is -2.35. The minimum Gasteiger partial charge on any atom is -0.339 e. The number of aryl methyl sites for hydroxylation is 2. The van der Waals surface area contributed by atoms with Gasteiger partial charge in [0.25, 0.3) is 5.56 Å². The monoisotopic (exact) mass is 433 g/mol. The van der Waals surface area contributed by atoms with Crippen LogP contribution in [-0.4, -0.2) is 15.0 Å². The van der Waals surface area contributed by atoms with Crippen LogP contribution in [0.25, 0.3) is 10.9 Å². The first kappa shape index (κ1) is 20.3. The van der Waals surface area contributed by atoms with Gasteiger partial charge in [0.15, 0.2) is 5.11 Å². The first-order valence-electron chi connectivity index (χ1n) is 9.76. The number of nitrogens with zero attached hydrogens (tertiary/aromatic N) is 1. The van der Waals surface area contributed by atoms with E-state index in [1.54, 1.807) is 11.3 Å². The highest BCUT2D eigenvalue weighted by Crippen LogP contribution is 2.19. The number of rotatable bonds is 5. The van der Waals surface area contributed by atoms with Crippen LogP contribution in [0.4, 0.5) is 5.69 Å². The molecule has 2 aromatic carbocycles. The number of para-hydroxylation sites is 1. The van der Waals surface area contributed by atoms with Crippen molar-refractivity contribution in [1.29, 1.82) is 0 Å². The van der Waals surface area contributed by atoms with Gasteiger partial charge in [-0.25, -0.2) is 0 Å². The van der Waals surface area contributed by atoms with Crippen LogP contribution in [0.5, 0.6) is 0 Å². The fourth-order valence-corrected chi connectivity index (χ4v) is 4.43. The van der Waals surface area contributed by atoms with E-state index in [9.17, 15) is 4.79 Å². The van der Waals surface area contributed by atoms with Gasteiger partial charge in [0, 0.05) is 16.1 Å². The molecule has 2 heterocycles. The smallest absolute Gasteiger partial charge is 0.253 e. The molecule has 0 saturated heterocycles. The van der Waals surface area contributed by atoms with E-state index in [-0.39, 0.29) is 5.56 Å². The van der Waals surface area contributed by atoms with Crippen LogP contribution >= 0.6 is 23.6 Å². The van der Waals surface area contributed by atoms with Gasteiger partial charge in [0.1, 0.15) is 0 Å². The zero-order valence-corrected chi connectivity index (χ0v) is 18.6. The third-order valence-corrected chi connectivity index (χ3v) is 6.23. The van der Waals surface area contributed by atoms with Gasteiger partial charge in [-0.05, 0) is 72.2 Å². The van der Waals surface area contributed by atoms with E-state index in [4.69, 9.17) is 12.2 Å². The lowest BCUT2D eigenvalue weighted by Gasteiger charge is -2.25. The van der Waals surface area contributed by atoms with Crippen LogP contribution in [0, 0.1) is 13.8 Å². The lowest BCUT2D eigenvalue weighted by molar-refractivity contribution is 0.415. The first-order valence-corrected chi connectivity index (χ1v) is 11.0. The van der Waals surface area contributed by atoms with Crippen molar-refractivity contribution in [3.63, 3.8) is 0 Å². The van der Waals surface area contributed by atoms with Crippen molar-refractivity contribution in [2.24, 2.45) is 0 Å². The fraction of sp³-hybridized carbons (Fsp3) is 0.167. The molecule has 0 radical (unpaired) electrons. The maximum Gasteiger partial charge on any atom is 0.253 e. The van der Waals surface area contributed by atoms with E-state index in [0.29, 0.717) is 23.8 Å². The van der Waals surface area contributed by atoms with Crippen molar-refractivity contribution < 1.29 is 0 Å². The molecule has 0 bridgehead atoms. The number of thiocarbonyl (C=S) groups is 1. The Morgan fingerprint density at radius 3 is 2.67 bits per heavy atom. The molecule has 0 aliphatic carbocycles. The number of H-pyrrole nitrogens is 1. The molecular weight excluding hydrogens is 410 g/mol. The Morgan fingerprint density at radius 2 is 1.90 bits per heavy atom. The number of hydrogen-bond donors (Lipinski definition) is 2. The lowest BCUT2D eigenvalue weighted by atomic mass is 10.1. The van der Waals surface area contributed by atoms with E-state index in [0.717, 1.165) is 27.7 Å². The normalized spacial score (nSPS) is 10.9. The summed E-state index contributed by atoms with van der Waals surface area (Å²) in [5, 5.41) is 7.00. The molecule has 2 aromatic heterocycles. The number of aromatic nitrogens is 1. The predicted octanol–water partition coefficient (Wildman–Crippen LogP) is 5.61. The number of pyridine rings is 1. The van der Waals surface area contributed by atoms with Crippen molar-refractivity contribution in [3.05, 3.63) is 98.0 Å². The van der Waals surface area contributed by atoms with E-state index >= 15 is 0 Å². The molecule has 0 aliphatic rings. The van der Waals surface area contributed by atoms with Gasteiger partial charge in [0.2, 0.25) is 0 Å². The second-order valence-corrected chi connectivity index (χ2v) is 8.82. The van der Waals surface area contributed by atoms with Crippen molar-refractivity contribution in [3.8, 4) is 0 Å². The van der Waals surface area contributed by atoms with E-state index < -0.39 is 0 Å². The topological polar surface area (TPSA) is 48.1 Å². The Labute approximate surface area is 185 Å². The zero-order valence-electron chi connectivity index (χ0n) is 16.9. The SMILES string of the molecule is Cc1cccc(NC(=S)N(Cc2cccs2)Cc2cc3cccc(C)c3[nH]c2=O)c1. The Morgan fingerprint density at radius 1 is 1.07 bits per heavy atom. The third-order valence-electron chi connectivity index (χ3n) is 5.01. The Kier molecular flexibility index (Phi) is 5.97. The van der Waals surface area contributed by atoms with Crippen LogP contribution < -0.4 is 10.9 Å². The van der Waals surface area contributed by atoms with Crippen LogP contribution in [0.2, 0.25) is 0 Å². The molecule has 0 saturated carbocycles. The standard InChI is InChI=1S/C24H23N3OS2/c1-16-6-3-9-20(12-16)25-24(29)27(15-21-10-5-11-30-21)14-19-13-18-8-4-7-17(2)22(18)26-23(19)28/h3-13H,14-15H2,1-2H3,(H,25,29)(H,26,28). The van der Waals surface area contributed by atoms with Crippen molar-refractivity contribution in [2.45, 2.75) is 26.9 Å². The summed E-state index contributed by atoms with van der Waals surface area (Å²) in [6, 6.07) is 20.2. The Hall–Kier alpha value is -2.96. The number of benzene rings is 2. The molecule has 2 N–H and O–H groups in total. The molecule has 0 spiro atoms. The number of hydrogen-bond acceptors (Lipinski definition) is 3. The molecular formula is C24H23N3OS2. The highest BCUT2D eigenvalue weighted by Gasteiger charge is 2.15. The van der Waals surface area contributed by atoms with Gasteiger partial charge in [-0.1, -0.05) is 36.4 Å². The van der Waals surface area contributed by atoms with Gasteiger partial charge >= 0.3 is 0 Å². The van der Waals surface area contributed by atoms with E-state index in [2.05, 4.69) is 27.8 Å². The number of anilines is 1. The summed E-state index contributed by atoms with van der Waals surface area (Å²) in [6.07, 6.45) is 0. The second kappa shape index (κ2) is 8.81. The quantitative estimate of drug-likeness (QED) is 0.402. The van der Waals surface area contributed by atoms with E-state index in [1.165, 1.54) is 4.88 Å². The molecule has 0 unspecified atom stereocenters. The maximum absolute atomic E-state index is 12.8.